The molecule has 7 heteroatoms. The van der Waals surface area contributed by atoms with Crippen LogP contribution in [0.2, 0.25) is 0 Å². The maximum Gasteiger partial charge on any atom is 0.335 e. The second kappa shape index (κ2) is 11.9. The van der Waals surface area contributed by atoms with E-state index >= 15 is 0 Å². The summed E-state index contributed by atoms with van der Waals surface area (Å²) in [4.78, 5) is 11.1. The first-order valence-corrected chi connectivity index (χ1v) is 12.3. The van der Waals surface area contributed by atoms with Gasteiger partial charge in [-0.05, 0) is 79.8 Å². The summed E-state index contributed by atoms with van der Waals surface area (Å²) in [6, 6.07) is 20.4. The van der Waals surface area contributed by atoms with Gasteiger partial charge in [0, 0.05) is 13.1 Å². The molecule has 1 aliphatic rings. The van der Waals surface area contributed by atoms with Crippen molar-refractivity contribution in [3.8, 4) is 28.4 Å². The van der Waals surface area contributed by atoms with Gasteiger partial charge in [-0.2, -0.15) is 0 Å². The van der Waals surface area contributed by atoms with Crippen LogP contribution in [0, 0.1) is 0 Å². The molecule has 0 unspecified atom stereocenters. The number of benzene rings is 3. The van der Waals surface area contributed by atoms with Crippen molar-refractivity contribution < 1.29 is 29.2 Å². The van der Waals surface area contributed by atoms with Crippen LogP contribution < -0.4 is 19.5 Å². The molecule has 0 aromatic heterocycles. The van der Waals surface area contributed by atoms with Gasteiger partial charge in [-0.15, -0.1) is 0 Å². The van der Waals surface area contributed by atoms with Crippen LogP contribution in [0.4, 0.5) is 0 Å². The van der Waals surface area contributed by atoms with Crippen molar-refractivity contribution in [3.05, 3.63) is 77.9 Å². The van der Waals surface area contributed by atoms with Crippen LogP contribution in [0.15, 0.2) is 66.7 Å². The van der Waals surface area contributed by atoms with Gasteiger partial charge >= 0.3 is 5.97 Å². The minimum absolute atomic E-state index is 0.0199. The Morgan fingerprint density at radius 2 is 1.78 bits per heavy atom. The molecule has 0 saturated carbocycles. The zero-order valence-corrected chi connectivity index (χ0v) is 20.6. The number of aliphatic hydroxyl groups excluding tert-OH is 1. The number of aryl methyl sites for hydroxylation is 1. The Hall–Kier alpha value is -3.55. The number of fused-ring (bicyclic) bond motifs is 1. The molecular weight excluding hydrogens is 458 g/mol. The molecule has 0 radical (unpaired) electrons. The molecule has 0 aliphatic carbocycles. The van der Waals surface area contributed by atoms with Crippen LogP contribution in [-0.2, 0) is 6.42 Å². The minimum atomic E-state index is -0.929. The Morgan fingerprint density at radius 3 is 2.50 bits per heavy atom. The quantitative estimate of drug-likeness (QED) is 0.362. The van der Waals surface area contributed by atoms with E-state index in [0.29, 0.717) is 24.6 Å². The normalized spacial score (nSPS) is 15.6. The van der Waals surface area contributed by atoms with Gasteiger partial charge in [0.1, 0.15) is 24.6 Å². The molecule has 0 spiro atoms. The van der Waals surface area contributed by atoms with Gasteiger partial charge < -0.3 is 29.7 Å². The van der Waals surface area contributed by atoms with Crippen LogP contribution in [-0.4, -0.2) is 54.2 Å². The highest BCUT2D eigenvalue weighted by Gasteiger charge is 2.20. The Balaban J connectivity index is 1.23. The number of para-hydroxylation sites is 2. The summed E-state index contributed by atoms with van der Waals surface area (Å²) >= 11 is 0. The highest BCUT2D eigenvalue weighted by molar-refractivity contribution is 5.88. The molecule has 7 nitrogen and oxygen atoms in total. The summed E-state index contributed by atoms with van der Waals surface area (Å²) in [5.41, 5.74) is 3.43. The standard InChI is InChI=1S/C29H33NO6/c1-19(2)35-28-6-4-3-5-27(28)34-18-24(31)16-30-17-25-13-11-23-15-22(12-14-26(23)36-25)20-7-9-21(10-8-20)29(32)33/h3-10,12,14-15,19,24-25,30-31H,11,13,16-18H2,1-2H3,(H,32,33)/t24-,25+/m0/s1. The topological polar surface area (TPSA) is 97.2 Å². The van der Waals surface area contributed by atoms with Gasteiger partial charge in [0.15, 0.2) is 11.5 Å². The van der Waals surface area contributed by atoms with E-state index in [1.165, 1.54) is 0 Å². The Morgan fingerprint density at radius 1 is 1.06 bits per heavy atom. The van der Waals surface area contributed by atoms with E-state index in [1.54, 1.807) is 12.1 Å². The third-order valence-corrected chi connectivity index (χ3v) is 5.95. The Bertz CT molecular complexity index is 1160. The molecule has 2 atom stereocenters. The van der Waals surface area contributed by atoms with E-state index in [9.17, 15) is 9.90 Å². The number of hydrogen-bond acceptors (Lipinski definition) is 6. The van der Waals surface area contributed by atoms with Crippen molar-refractivity contribution in [2.45, 2.75) is 45.0 Å². The first-order chi connectivity index (χ1) is 17.4. The molecule has 36 heavy (non-hydrogen) atoms. The second-order valence-corrected chi connectivity index (χ2v) is 9.22. The number of nitrogens with one attached hydrogen (secondary N) is 1. The van der Waals surface area contributed by atoms with Gasteiger partial charge in [0.05, 0.1) is 11.7 Å². The summed E-state index contributed by atoms with van der Waals surface area (Å²) in [5.74, 6) is 1.23. The second-order valence-electron chi connectivity index (χ2n) is 9.22. The van der Waals surface area contributed by atoms with Crippen molar-refractivity contribution in [2.24, 2.45) is 0 Å². The van der Waals surface area contributed by atoms with Crippen LogP contribution in [0.25, 0.3) is 11.1 Å². The molecule has 3 aromatic carbocycles. The van der Waals surface area contributed by atoms with Crippen LogP contribution >= 0.6 is 0 Å². The lowest BCUT2D eigenvalue weighted by Crippen LogP contribution is -2.39. The Labute approximate surface area is 211 Å². The third-order valence-electron chi connectivity index (χ3n) is 5.95. The van der Waals surface area contributed by atoms with Gasteiger partial charge in [-0.3, -0.25) is 0 Å². The summed E-state index contributed by atoms with van der Waals surface area (Å²) < 4.78 is 17.7. The SMILES string of the molecule is CC(C)Oc1ccccc1OC[C@@H](O)CNC[C@H]1CCc2cc(-c3ccc(C(=O)O)cc3)ccc2O1. The van der Waals surface area contributed by atoms with Crippen LogP contribution in [0.1, 0.15) is 36.2 Å². The van der Waals surface area contributed by atoms with Crippen LogP contribution in [0.3, 0.4) is 0 Å². The number of carboxylic acid groups (broad SMARTS) is 1. The molecule has 190 valence electrons. The van der Waals surface area contributed by atoms with Crippen molar-refractivity contribution in [1.29, 1.82) is 0 Å². The van der Waals surface area contributed by atoms with E-state index < -0.39 is 12.1 Å². The predicted octanol–water partition coefficient (Wildman–Crippen LogP) is 4.56. The van der Waals surface area contributed by atoms with E-state index in [1.807, 2.05) is 62.4 Å². The van der Waals surface area contributed by atoms with E-state index in [2.05, 4.69) is 11.4 Å². The largest absolute Gasteiger partial charge is 0.489 e. The maximum absolute atomic E-state index is 11.1. The lowest BCUT2D eigenvalue weighted by molar-refractivity contribution is 0.0697. The molecule has 0 amide bonds. The van der Waals surface area contributed by atoms with Gasteiger partial charge in [0.2, 0.25) is 0 Å². The number of aliphatic hydroxyl groups is 1. The van der Waals surface area contributed by atoms with E-state index in [4.69, 9.17) is 19.3 Å². The fourth-order valence-electron chi connectivity index (χ4n) is 4.15. The zero-order valence-electron chi connectivity index (χ0n) is 20.6. The third kappa shape index (κ3) is 6.77. The first kappa shape index (κ1) is 25.5. The number of hydrogen-bond donors (Lipinski definition) is 3. The summed E-state index contributed by atoms with van der Waals surface area (Å²) in [7, 11) is 0. The molecule has 1 aliphatic heterocycles. The maximum atomic E-state index is 11.1. The predicted molar refractivity (Wildman–Crippen MR) is 138 cm³/mol. The lowest BCUT2D eigenvalue weighted by Gasteiger charge is -2.27. The molecule has 3 N–H and O–H groups in total. The van der Waals surface area contributed by atoms with Gasteiger partial charge in [0.25, 0.3) is 0 Å². The monoisotopic (exact) mass is 491 g/mol. The summed E-state index contributed by atoms with van der Waals surface area (Å²) in [5, 5.41) is 22.7. The fraction of sp³-hybridized carbons (Fsp3) is 0.345. The molecule has 0 bridgehead atoms. The average molecular weight is 492 g/mol. The van der Waals surface area contributed by atoms with Crippen LogP contribution in [0.5, 0.6) is 17.2 Å². The fourth-order valence-corrected chi connectivity index (χ4v) is 4.15. The number of rotatable bonds is 11. The van der Waals surface area contributed by atoms with E-state index in [-0.39, 0.29) is 24.4 Å². The molecule has 0 fully saturated rings. The number of carboxylic acids is 1. The van der Waals surface area contributed by atoms with Crippen molar-refractivity contribution in [2.75, 3.05) is 19.7 Å². The molecule has 4 rings (SSSR count). The van der Waals surface area contributed by atoms with Gasteiger partial charge in [-0.25, -0.2) is 4.79 Å². The smallest absolute Gasteiger partial charge is 0.335 e. The van der Waals surface area contributed by atoms with E-state index in [0.717, 1.165) is 35.3 Å². The Kier molecular flexibility index (Phi) is 8.46. The first-order valence-electron chi connectivity index (χ1n) is 12.3. The number of carbonyl (C=O) groups is 1. The van der Waals surface area contributed by atoms with Crippen molar-refractivity contribution in [1.82, 2.24) is 5.32 Å². The molecular formula is C29H33NO6. The summed E-state index contributed by atoms with van der Waals surface area (Å²) in [6.07, 6.45) is 1.16. The van der Waals surface area contributed by atoms with Crippen molar-refractivity contribution >= 4 is 5.97 Å². The molecule has 0 saturated heterocycles. The lowest BCUT2D eigenvalue weighted by atomic mass is 9.96. The molecule has 1 heterocycles. The average Bonchev–Trinajstić information content (AvgIpc) is 2.87. The molecule has 3 aromatic rings. The minimum Gasteiger partial charge on any atom is -0.489 e. The zero-order chi connectivity index (χ0) is 25.5. The highest BCUT2D eigenvalue weighted by atomic mass is 16.5. The number of ether oxygens (including phenoxy) is 3. The number of aromatic carboxylic acids is 1. The highest BCUT2D eigenvalue weighted by Crippen LogP contribution is 2.32. The van der Waals surface area contributed by atoms with Gasteiger partial charge in [-0.1, -0.05) is 30.3 Å². The summed E-state index contributed by atoms with van der Waals surface area (Å²) in [6.45, 7) is 5.10. The van der Waals surface area contributed by atoms with Crippen molar-refractivity contribution in [3.63, 3.8) is 0 Å².